The van der Waals surface area contributed by atoms with Gasteiger partial charge in [-0.2, -0.15) is 0 Å². The number of amides is 2. The third-order valence-corrected chi connectivity index (χ3v) is 4.37. The first-order chi connectivity index (χ1) is 11.5. The van der Waals surface area contributed by atoms with Crippen LogP contribution in [0.5, 0.6) is 0 Å². The summed E-state index contributed by atoms with van der Waals surface area (Å²) in [6.45, 7) is 3.65. The molecule has 2 aromatic carbocycles. The van der Waals surface area contributed by atoms with Gasteiger partial charge in [0.15, 0.2) is 0 Å². The van der Waals surface area contributed by atoms with Gasteiger partial charge in [0.1, 0.15) is 6.04 Å². The van der Waals surface area contributed by atoms with E-state index in [1.165, 1.54) is 5.56 Å². The van der Waals surface area contributed by atoms with Crippen LogP contribution in [0.25, 0.3) is 0 Å². The van der Waals surface area contributed by atoms with Gasteiger partial charge < -0.3 is 10.6 Å². The summed E-state index contributed by atoms with van der Waals surface area (Å²) in [5.74, 6) is 0.0195. The Balaban J connectivity index is 1.52. The van der Waals surface area contributed by atoms with E-state index in [4.69, 9.17) is 0 Å². The van der Waals surface area contributed by atoms with Crippen molar-refractivity contribution in [2.75, 3.05) is 0 Å². The van der Waals surface area contributed by atoms with Gasteiger partial charge in [0.2, 0.25) is 5.91 Å². The minimum absolute atomic E-state index is 0.139. The minimum Gasteiger partial charge on any atom is -0.351 e. The van der Waals surface area contributed by atoms with Gasteiger partial charge >= 0.3 is 0 Å². The zero-order valence-electron chi connectivity index (χ0n) is 14.0. The van der Waals surface area contributed by atoms with Crippen molar-refractivity contribution < 1.29 is 9.59 Å². The number of carbonyl (C=O) groups is 2. The molecule has 0 aliphatic heterocycles. The maximum atomic E-state index is 12.3. The average Bonchev–Trinajstić information content (AvgIpc) is 3.34. The molecule has 2 amide bonds. The molecule has 1 saturated carbocycles. The molecule has 124 valence electrons. The molecule has 0 aromatic heterocycles. The first-order valence-corrected chi connectivity index (χ1v) is 8.27. The Morgan fingerprint density at radius 3 is 2.54 bits per heavy atom. The van der Waals surface area contributed by atoms with E-state index in [-0.39, 0.29) is 17.9 Å². The zero-order valence-corrected chi connectivity index (χ0v) is 14.0. The van der Waals surface area contributed by atoms with Crippen LogP contribution in [0.1, 0.15) is 40.7 Å². The second-order valence-corrected chi connectivity index (χ2v) is 6.43. The predicted octanol–water partition coefficient (Wildman–Crippen LogP) is 2.79. The number of hydrogen-bond donors (Lipinski definition) is 2. The van der Waals surface area contributed by atoms with E-state index in [9.17, 15) is 9.59 Å². The summed E-state index contributed by atoms with van der Waals surface area (Å²) in [4.78, 5) is 24.5. The Kier molecular flexibility index (Phi) is 4.65. The summed E-state index contributed by atoms with van der Waals surface area (Å²) in [6.07, 6.45) is 0.953. The summed E-state index contributed by atoms with van der Waals surface area (Å²) in [5.41, 5.74) is 2.84. The molecule has 1 fully saturated rings. The summed E-state index contributed by atoms with van der Waals surface area (Å²) >= 11 is 0. The zero-order chi connectivity index (χ0) is 17.1. The van der Waals surface area contributed by atoms with Crippen LogP contribution in [0, 0.1) is 6.92 Å². The van der Waals surface area contributed by atoms with Crippen molar-refractivity contribution in [2.24, 2.45) is 0 Å². The number of nitrogens with one attached hydrogen (secondary N) is 2. The van der Waals surface area contributed by atoms with E-state index in [2.05, 4.69) is 22.8 Å². The fourth-order valence-corrected chi connectivity index (χ4v) is 2.86. The second-order valence-electron chi connectivity index (χ2n) is 6.43. The number of hydrogen-bond acceptors (Lipinski definition) is 2. The molecule has 3 unspecified atom stereocenters. The van der Waals surface area contributed by atoms with Gasteiger partial charge in [0, 0.05) is 17.5 Å². The van der Waals surface area contributed by atoms with Gasteiger partial charge in [-0.05, 0) is 38.0 Å². The number of rotatable bonds is 5. The minimum atomic E-state index is -0.560. The van der Waals surface area contributed by atoms with E-state index < -0.39 is 6.04 Å². The topological polar surface area (TPSA) is 58.2 Å². The van der Waals surface area contributed by atoms with Crippen molar-refractivity contribution in [3.63, 3.8) is 0 Å². The molecular formula is C20H22N2O2. The normalized spacial score (nSPS) is 20.1. The van der Waals surface area contributed by atoms with Crippen molar-refractivity contribution in [1.82, 2.24) is 10.6 Å². The lowest BCUT2D eigenvalue weighted by Gasteiger charge is -2.14. The van der Waals surface area contributed by atoms with E-state index in [1.54, 1.807) is 13.0 Å². The van der Waals surface area contributed by atoms with Gasteiger partial charge in [0.25, 0.3) is 5.91 Å². The highest BCUT2D eigenvalue weighted by Gasteiger charge is 2.40. The Labute approximate surface area is 142 Å². The van der Waals surface area contributed by atoms with Crippen molar-refractivity contribution in [3.05, 3.63) is 71.3 Å². The summed E-state index contributed by atoms with van der Waals surface area (Å²) in [6, 6.07) is 17.1. The SMILES string of the molecule is Cc1cccc(C(=O)NC(C)C(=O)NC2CC2c2ccccc2)c1. The first kappa shape index (κ1) is 16.2. The Bertz CT molecular complexity index is 742. The molecule has 4 nitrogen and oxygen atoms in total. The molecule has 0 spiro atoms. The summed E-state index contributed by atoms with van der Waals surface area (Å²) in [5, 5.41) is 5.78. The van der Waals surface area contributed by atoms with Crippen LogP contribution >= 0.6 is 0 Å². The lowest BCUT2D eigenvalue weighted by molar-refractivity contribution is -0.122. The Morgan fingerprint density at radius 2 is 1.83 bits per heavy atom. The smallest absolute Gasteiger partial charge is 0.251 e. The highest BCUT2D eigenvalue weighted by atomic mass is 16.2. The molecular weight excluding hydrogens is 300 g/mol. The first-order valence-electron chi connectivity index (χ1n) is 8.27. The largest absolute Gasteiger partial charge is 0.351 e. The fourth-order valence-electron chi connectivity index (χ4n) is 2.86. The van der Waals surface area contributed by atoms with Gasteiger partial charge in [-0.25, -0.2) is 0 Å². The summed E-state index contributed by atoms with van der Waals surface area (Å²) in [7, 11) is 0. The van der Waals surface area contributed by atoms with Crippen LogP contribution < -0.4 is 10.6 Å². The third kappa shape index (κ3) is 3.82. The standard InChI is InChI=1S/C20H22N2O2/c1-13-7-6-10-16(11-13)20(24)21-14(2)19(23)22-18-12-17(18)15-8-4-3-5-9-15/h3-11,14,17-18H,12H2,1-2H3,(H,21,24)(H,22,23). The maximum absolute atomic E-state index is 12.3. The molecule has 0 radical (unpaired) electrons. The molecule has 0 saturated heterocycles. The van der Waals surface area contributed by atoms with E-state index in [1.807, 2.05) is 43.3 Å². The highest BCUT2D eigenvalue weighted by molar-refractivity contribution is 5.97. The molecule has 4 heteroatoms. The number of aryl methyl sites for hydroxylation is 1. The molecule has 3 rings (SSSR count). The quantitative estimate of drug-likeness (QED) is 0.889. The molecule has 0 bridgehead atoms. The van der Waals surface area contributed by atoms with Crippen molar-refractivity contribution in [3.8, 4) is 0 Å². The highest BCUT2D eigenvalue weighted by Crippen LogP contribution is 2.40. The van der Waals surface area contributed by atoms with Crippen LogP contribution in [-0.4, -0.2) is 23.9 Å². The molecule has 2 N–H and O–H groups in total. The molecule has 0 heterocycles. The third-order valence-electron chi connectivity index (χ3n) is 4.37. The fraction of sp³-hybridized carbons (Fsp3) is 0.300. The van der Waals surface area contributed by atoms with Gasteiger partial charge in [-0.3, -0.25) is 9.59 Å². The predicted molar refractivity (Wildman–Crippen MR) is 93.8 cm³/mol. The number of carbonyl (C=O) groups excluding carboxylic acids is 2. The van der Waals surface area contributed by atoms with Crippen LogP contribution in [0.15, 0.2) is 54.6 Å². The van der Waals surface area contributed by atoms with Crippen molar-refractivity contribution >= 4 is 11.8 Å². The van der Waals surface area contributed by atoms with Crippen LogP contribution in [0.3, 0.4) is 0 Å². The lowest BCUT2D eigenvalue weighted by atomic mass is 10.1. The molecule has 1 aliphatic rings. The molecule has 1 aliphatic carbocycles. The Morgan fingerprint density at radius 1 is 1.08 bits per heavy atom. The van der Waals surface area contributed by atoms with Crippen LogP contribution in [0.2, 0.25) is 0 Å². The average molecular weight is 322 g/mol. The van der Waals surface area contributed by atoms with Gasteiger partial charge in [0.05, 0.1) is 0 Å². The molecule has 2 aromatic rings. The maximum Gasteiger partial charge on any atom is 0.251 e. The second kappa shape index (κ2) is 6.87. The van der Waals surface area contributed by atoms with Crippen LogP contribution in [0.4, 0.5) is 0 Å². The van der Waals surface area contributed by atoms with E-state index in [0.29, 0.717) is 11.5 Å². The monoisotopic (exact) mass is 322 g/mol. The lowest BCUT2D eigenvalue weighted by Crippen LogP contribution is -2.45. The van der Waals surface area contributed by atoms with Gasteiger partial charge in [-0.1, -0.05) is 48.0 Å². The molecule has 3 atom stereocenters. The van der Waals surface area contributed by atoms with Crippen LogP contribution in [-0.2, 0) is 4.79 Å². The number of benzene rings is 2. The molecule has 24 heavy (non-hydrogen) atoms. The van der Waals surface area contributed by atoms with E-state index in [0.717, 1.165) is 12.0 Å². The van der Waals surface area contributed by atoms with Gasteiger partial charge in [-0.15, -0.1) is 0 Å². The summed E-state index contributed by atoms with van der Waals surface area (Å²) < 4.78 is 0. The van der Waals surface area contributed by atoms with Crippen molar-refractivity contribution in [1.29, 1.82) is 0 Å². The Hall–Kier alpha value is -2.62. The van der Waals surface area contributed by atoms with E-state index >= 15 is 0 Å². The van der Waals surface area contributed by atoms with Crippen molar-refractivity contribution in [2.45, 2.75) is 38.3 Å².